The fraction of sp³-hybridized carbons (Fsp3) is 0.435. The second kappa shape index (κ2) is 9.56. The summed E-state index contributed by atoms with van der Waals surface area (Å²) >= 11 is 0. The predicted octanol–water partition coefficient (Wildman–Crippen LogP) is 3.80. The molecule has 3 rings (SSSR count). The molecule has 2 aromatic rings. The van der Waals surface area contributed by atoms with E-state index in [0.29, 0.717) is 6.04 Å². The van der Waals surface area contributed by atoms with E-state index in [-0.39, 0.29) is 18.6 Å². The van der Waals surface area contributed by atoms with E-state index in [4.69, 9.17) is 4.74 Å². The van der Waals surface area contributed by atoms with Gasteiger partial charge in [-0.2, -0.15) is 0 Å². The van der Waals surface area contributed by atoms with Gasteiger partial charge in [0.2, 0.25) is 0 Å². The summed E-state index contributed by atoms with van der Waals surface area (Å²) in [6, 6.07) is 19.2. The summed E-state index contributed by atoms with van der Waals surface area (Å²) in [4.78, 5) is 14.7. The number of nitrogens with zero attached hydrogens (tertiary/aromatic N) is 1. The Hall–Kier alpha value is -2.33. The number of carbonyl (C=O) groups is 1. The standard InChI is InChI=1S/C23H30N2O2/c1-3-19-9-11-22(12-10-19)27-17-23(26)24-21-13-14-25(18(2)15-21)16-20-7-5-4-6-8-20/h4-12,18,21H,3,13-17H2,1-2H3,(H,24,26)/t18-,21+/m0/s1. The van der Waals surface area contributed by atoms with Crippen molar-refractivity contribution in [3.63, 3.8) is 0 Å². The van der Waals surface area contributed by atoms with Crippen molar-refractivity contribution < 1.29 is 9.53 Å². The molecular weight excluding hydrogens is 336 g/mol. The van der Waals surface area contributed by atoms with Crippen LogP contribution in [0.5, 0.6) is 5.75 Å². The van der Waals surface area contributed by atoms with E-state index in [1.54, 1.807) is 0 Å². The summed E-state index contributed by atoms with van der Waals surface area (Å²) in [7, 11) is 0. The van der Waals surface area contributed by atoms with Crippen molar-refractivity contribution in [1.82, 2.24) is 10.2 Å². The van der Waals surface area contributed by atoms with Crippen LogP contribution in [0.2, 0.25) is 0 Å². The number of hydrogen-bond donors (Lipinski definition) is 1. The Balaban J connectivity index is 1.41. The molecule has 0 bridgehead atoms. The largest absolute Gasteiger partial charge is 0.484 e. The Labute approximate surface area is 162 Å². The predicted molar refractivity (Wildman–Crippen MR) is 109 cm³/mol. The van der Waals surface area contributed by atoms with Gasteiger partial charge in [0.1, 0.15) is 5.75 Å². The van der Waals surface area contributed by atoms with Gasteiger partial charge in [0.05, 0.1) is 0 Å². The van der Waals surface area contributed by atoms with Crippen molar-refractivity contribution in [1.29, 1.82) is 0 Å². The molecule has 1 N–H and O–H groups in total. The van der Waals surface area contributed by atoms with Crippen LogP contribution in [0, 0.1) is 0 Å². The van der Waals surface area contributed by atoms with Crippen molar-refractivity contribution in [2.24, 2.45) is 0 Å². The van der Waals surface area contributed by atoms with Gasteiger partial charge < -0.3 is 10.1 Å². The zero-order valence-electron chi connectivity index (χ0n) is 16.4. The second-order valence-electron chi connectivity index (χ2n) is 7.38. The van der Waals surface area contributed by atoms with E-state index in [9.17, 15) is 4.79 Å². The number of carbonyl (C=O) groups excluding carboxylic acids is 1. The van der Waals surface area contributed by atoms with Gasteiger partial charge in [-0.1, -0.05) is 49.4 Å². The number of benzene rings is 2. The Kier molecular flexibility index (Phi) is 6.88. The molecule has 1 heterocycles. The van der Waals surface area contributed by atoms with Gasteiger partial charge in [-0.05, 0) is 49.4 Å². The molecule has 144 valence electrons. The molecule has 1 fully saturated rings. The topological polar surface area (TPSA) is 41.6 Å². The maximum absolute atomic E-state index is 12.2. The number of nitrogens with one attached hydrogen (secondary N) is 1. The maximum atomic E-state index is 12.2. The lowest BCUT2D eigenvalue weighted by Gasteiger charge is -2.38. The minimum absolute atomic E-state index is 0.0386. The average molecular weight is 367 g/mol. The fourth-order valence-corrected chi connectivity index (χ4v) is 3.64. The van der Waals surface area contributed by atoms with Crippen molar-refractivity contribution in [2.75, 3.05) is 13.2 Å². The smallest absolute Gasteiger partial charge is 0.258 e. The zero-order valence-corrected chi connectivity index (χ0v) is 16.4. The third-order valence-corrected chi connectivity index (χ3v) is 5.31. The highest BCUT2D eigenvalue weighted by Crippen LogP contribution is 2.20. The lowest BCUT2D eigenvalue weighted by Crippen LogP contribution is -2.49. The van der Waals surface area contributed by atoms with Gasteiger partial charge >= 0.3 is 0 Å². The van der Waals surface area contributed by atoms with Crippen LogP contribution in [-0.4, -0.2) is 36.0 Å². The normalized spacial score (nSPS) is 20.2. The molecule has 2 atom stereocenters. The van der Waals surface area contributed by atoms with Crippen LogP contribution in [0.25, 0.3) is 0 Å². The van der Waals surface area contributed by atoms with Crippen LogP contribution in [0.15, 0.2) is 54.6 Å². The van der Waals surface area contributed by atoms with E-state index >= 15 is 0 Å². The highest BCUT2D eigenvalue weighted by molar-refractivity contribution is 5.77. The fourth-order valence-electron chi connectivity index (χ4n) is 3.64. The molecule has 0 radical (unpaired) electrons. The third-order valence-electron chi connectivity index (χ3n) is 5.31. The number of rotatable bonds is 7. The van der Waals surface area contributed by atoms with Crippen LogP contribution in [-0.2, 0) is 17.8 Å². The van der Waals surface area contributed by atoms with Gasteiger partial charge in [-0.3, -0.25) is 9.69 Å². The Morgan fingerprint density at radius 1 is 1.11 bits per heavy atom. The molecule has 2 aromatic carbocycles. The lowest BCUT2D eigenvalue weighted by atomic mass is 9.97. The molecule has 0 aromatic heterocycles. The van der Waals surface area contributed by atoms with Gasteiger partial charge in [0, 0.05) is 25.2 Å². The summed E-state index contributed by atoms with van der Waals surface area (Å²) in [5, 5.41) is 3.14. The SMILES string of the molecule is CCc1ccc(OCC(=O)N[C@@H]2CCN(Cc3ccccc3)[C@@H](C)C2)cc1. The van der Waals surface area contributed by atoms with Crippen molar-refractivity contribution in [3.05, 3.63) is 65.7 Å². The van der Waals surface area contributed by atoms with E-state index in [1.807, 2.05) is 24.3 Å². The number of aryl methyl sites for hydroxylation is 1. The Bertz CT molecular complexity index is 715. The van der Waals surface area contributed by atoms with Crippen LogP contribution in [0.1, 0.15) is 37.8 Å². The molecule has 1 saturated heterocycles. The number of ether oxygens (including phenoxy) is 1. The lowest BCUT2D eigenvalue weighted by molar-refractivity contribution is -0.124. The molecule has 1 aliphatic rings. The molecule has 0 unspecified atom stereocenters. The average Bonchev–Trinajstić information content (AvgIpc) is 2.70. The minimum atomic E-state index is -0.0386. The number of piperidine rings is 1. The van der Waals surface area contributed by atoms with E-state index in [2.05, 4.69) is 54.4 Å². The van der Waals surface area contributed by atoms with Crippen LogP contribution >= 0.6 is 0 Å². The summed E-state index contributed by atoms with van der Waals surface area (Å²) in [5.41, 5.74) is 2.61. The highest BCUT2D eigenvalue weighted by atomic mass is 16.5. The van der Waals surface area contributed by atoms with E-state index in [0.717, 1.165) is 38.1 Å². The maximum Gasteiger partial charge on any atom is 0.258 e. The summed E-state index contributed by atoms with van der Waals surface area (Å²) < 4.78 is 5.61. The highest BCUT2D eigenvalue weighted by Gasteiger charge is 2.26. The van der Waals surface area contributed by atoms with Crippen molar-refractivity contribution >= 4 is 5.91 Å². The monoisotopic (exact) mass is 366 g/mol. The third kappa shape index (κ3) is 5.83. The van der Waals surface area contributed by atoms with Gasteiger partial charge in [0.25, 0.3) is 5.91 Å². The van der Waals surface area contributed by atoms with E-state index < -0.39 is 0 Å². The molecule has 4 nitrogen and oxygen atoms in total. The number of amides is 1. The van der Waals surface area contributed by atoms with Gasteiger partial charge in [0.15, 0.2) is 6.61 Å². The van der Waals surface area contributed by atoms with Gasteiger partial charge in [-0.25, -0.2) is 0 Å². The molecule has 27 heavy (non-hydrogen) atoms. The second-order valence-corrected chi connectivity index (χ2v) is 7.38. The first kappa shape index (κ1) is 19.4. The first-order valence-electron chi connectivity index (χ1n) is 9.93. The van der Waals surface area contributed by atoms with Crippen LogP contribution < -0.4 is 10.1 Å². The van der Waals surface area contributed by atoms with Gasteiger partial charge in [-0.15, -0.1) is 0 Å². The summed E-state index contributed by atoms with van der Waals surface area (Å²) in [5.74, 6) is 0.705. The van der Waals surface area contributed by atoms with E-state index in [1.165, 1.54) is 11.1 Å². The van der Waals surface area contributed by atoms with Crippen molar-refractivity contribution in [2.45, 2.75) is 51.7 Å². The first-order chi connectivity index (χ1) is 13.1. The first-order valence-corrected chi connectivity index (χ1v) is 9.93. The minimum Gasteiger partial charge on any atom is -0.484 e. The Morgan fingerprint density at radius 3 is 2.52 bits per heavy atom. The molecule has 0 aliphatic carbocycles. The molecule has 4 heteroatoms. The van der Waals surface area contributed by atoms with Crippen LogP contribution in [0.3, 0.4) is 0 Å². The zero-order chi connectivity index (χ0) is 19.1. The van der Waals surface area contributed by atoms with Crippen LogP contribution in [0.4, 0.5) is 0 Å². The summed E-state index contributed by atoms with van der Waals surface area (Å²) in [6.45, 7) is 6.41. The number of hydrogen-bond acceptors (Lipinski definition) is 3. The molecule has 1 amide bonds. The van der Waals surface area contributed by atoms with Crippen molar-refractivity contribution in [3.8, 4) is 5.75 Å². The quantitative estimate of drug-likeness (QED) is 0.810. The number of likely N-dealkylation sites (tertiary alicyclic amines) is 1. The molecule has 1 aliphatic heterocycles. The molecule has 0 saturated carbocycles. The Morgan fingerprint density at radius 2 is 1.85 bits per heavy atom. The molecule has 0 spiro atoms. The molecular formula is C23H30N2O2. The summed E-state index contributed by atoms with van der Waals surface area (Å²) in [6.07, 6.45) is 2.96.